The summed E-state index contributed by atoms with van der Waals surface area (Å²) in [6.45, 7) is 0. The van der Waals surface area contributed by atoms with Gasteiger partial charge in [0.15, 0.2) is 0 Å². The average molecular weight is 164 g/mol. The van der Waals surface area contributed by atoms with Crippen LogP contribution in [0.15, 0.2) is 35.2 Å². The van der Waals surface area contributed by atoms with Gasteiger partial charge in [0.2, 0.25) is 0 Å². The van der Waals surface area contributed by atoms with E-state index in [-0.39, 0.29) is 29.6 Å². The summed E-state index contributed by atoms with van der Waals surface area (Å²) in [6, 6.07) is 8.23. The van der Waals surface area contributed by atoms with Gasteiger partial charge in [0.1, 0.15) is 0 Å². The molecule has 0 bridgehead atoms. The summed E-state index contributed by atoms with van der Waals surface area (Å²) < 4.78 is 20.4. The molecule has 1 atom stereocenters. The first-order valence-electron chi connectivity index (χ1n) is 2.45. The van der Waals surface area contributed by atoms with Crippen LogP contribution in [0.3, 0.4) is 0 Å². The first-order valence-corrected chi connectivity index (χ1v) is 3.52. The van der Waals surface area contributed by atoms with Crippen molar-refractivity contribution in [2.45, 2.75) is 4.90 Å². The molecule has 0 fully saturated rings. The van der Waals surface area contributed by atoms with Crippen LogP contribution in [0.5, 0.6) is 0 Å². The van der Waals surface area contributed by atoms with Crippen molar-refractivity contribution in [1.82, 2.24) is 0 Å². The normalized spacial score (nSPS) is 11.7. The molecule has 4 heteroatoms. The van der Waals surface area contributed by atoms with Gasteiger partial charge in [-0.2, -0.15) is 0 Å². The zero-order valence-electron chi connectivity index (χ0n) is 5.61. The van der Waals surface area contributed by atoms with Crippen LogP contribution < -0.4 is 29.6 Å². The van der Waals surface area contributed by atoms with Gasteiger partial charge in [0.05, 0.1) is 0 Å². The van der Waals surface area contributed by atoms with Crippen molar-refractivity contribution < 1.29 is 38.3 Å². The topological polar surface area (TPSA) is 40.1 Å². The molecule has 0 saturated heterocycles. The Balaban J connectivity index is 0.000000810. The molecule has 1 aromatic rings. The van der Waals surface area contributed by atoms with Crippen LogP contribution in [0.25, 0.3) is 0 Å². The third-order valence-corrected chi connectivity index (χ3v) is 1.59. The van der Waals surface area contributed by atoms with E-state index in [4.69, 9.17) is 0 Å². The maximum atomic E-state index is 10.2. The molecule has 0 N–H and O–H groups in total. The maximum absolute atomic E-state index is 10.2. The summed E-state index contributed by atoms with van der Waals surface area (Å²) in [4.78, 5) is 0.331. The van der Waals surface area contributed by atoms with Gasteiger partial charge in [-0.05, 0) is 23.2 Å². The molecule has 0 heterocycles. The van der Waals surface area contributed by atoms with E-state index in [1.807, 2.05) is 0 Å². The van der Waals surface area contributed by atoms with E-state index < -0.39 is 11.1 Å². The van der Waals surface area contributed by atoms with Crippen LogP contribution in [0, 0.1) is 0 Å². The molecule has 10 heavy (non-hydrogen) atoms. The zero-order chi connectivity index (χ0) is 6.69. The number of hydrogen-bond donors (Lipinski definition) is 0. The maximum Gasteiger partial charge on any atom is 1.00 e. The van der Waals surface area contributed by atoms with Gasteiger partial charge in [-0.1, -0.05) is 18.2 Å². The first kappa shape index (κ1) is 10.3. The Morgan fingerprint density at radius 2 is 1.70 bits per heavy atom. The van der Waals surface area contributed by atoms with Crippen LogP contribution >= 0.6 is 0 Å². The number of benzene rings is 1. The Hall–Kier alpha value is 0.330. The van der Waals surface area contributed by atoms with Crippen molar-refractivity contribution >= 4 is 11.1 Å². The Bertz CT molecular complexity index is 212. The standard InChI is InChI=1S/C6H6O2S.Na/c7-9(8)6-4-2-1-3-5-6;/h1-5H,(H,7,8);/q;+1/p-1. The summed E-state index contributed by atoms with van der Waals surface area (Å²) >= 11 is -2.08. The summed E-state index contributed by atoms with van der Waals surface area (Å²) in [5.41, 5.74) is 0. The fourth-order valence-corrected chi connectivity index (χ4v) is 0.911. The molecular weight excluding hydrogens is 159 g/mol. The second-order valence-electron chi connectivity index (χ2n) is 1.55. The second kappa shape index (κ2) is 5.04. The van der Waals surface area contributed by atoms with Gasteiger partial charge < -0.3 is 4.55 Å². The summed E-state index contributed by atoms with van der Waals surface area (Å²) in [7, 11) is 0. The van der Waals surface area contributed by atoms with Crippen LogP contribution in [0.4, 0.5) is 0 Å². The zero-order valence-corrected chi connectivity index (χ0v) is 8.43. The second-order valence-corrected chi connectivity index (χ2v) is 2.49. The summed E-state index contributed by atoms with van der Waals surface area (Å²) in [5.74, 6) is 0. The van der Waals surface area contributed by atoms with E-state index >= 15 is 0 Å². The minimum atomic E-state index is -2.08. The minimum Gasteiger partial charge on any atom is -0.768 e. The van der Waals surface area contributed by atoms with E-state index in [0.29, 0.717) is 4.90 Å². The molecule has 0 amide bonds. The quantitative estimate of drug-likeness (QED) is 0.353. The molecule has 0 aliphatic heterocycles. The van der Waals surface area contributed by atoms with Gasteiger partial charge in [-0.15, -0.1) is 0 Å². The van der Waals surface area contributed by atoms with Gasteiger partial charge in [0.25, 0.3) is 0 Å². The predicted octanol–water partition coefficient (Wildman–Crippen LogP) is -2.07. The fraction of sp³-hybridized carbons (Fsp3) is 0. The molecule has 0 saturated carbocycles. The number of rotatable bonds is 1. The molecule has 48 valence electrons. The van der Waals surface area contributed by atoms with Crippen LogP contribution in [0.2, 0.25) is 0 Å². The van der Waals surface area contributed by atoms with E-state index in [1.54, 1.807) is 30.3 Å². The molecule has 2 nitrogen and oxygen atoms in total. The molecule has 0 aliphatic rings. The molecular formula is C6H5NaO2S. The monoisotopic (exact) mass is 164 g/mol. The third-order valence-electron chi connectivity index (χ3n) is 0.936. The van der Waals surface area contributed by atoms with Gasteiger partial charge in [0, 0.05) is 4.90 Å². The van der Waals surface area contributed by atoms with Gasteiger partial charge >= 0.3 is 29.6 Å². The van der Waals surface area contributed by atoms with E-state index in [0.717, 1.165) is 0 Å². The molecule has 1 aromatic carbocycles. The SMILES string of the molecule is O=S([O-])c1ccccc1.[Na+]. The molecule has 0 radical (unpaired) electrons. The van der Waals surface area contributed by atoms with Crippen molar-refractivity contribution in [2.24, 2.45) is 0 Å². The van der Waals surface area contributed by atoms with Crippen molar-refractivity contribution in [3.05, 3.63) is 30.3 Å². The average Bonchev–Trinajstić information content (AvgIpc) is 1.90. The van der Waals surface area contributed by atoms with Crippen molar-refractivity contribution in [1.29, 1.82) is 0 Å². The largest absolute Gasteiger partial charge is 1.00 e. The van der Waals surface area contributed by atoms with Crippen molar-refractivity contribution in [3.8, 4) is 0 Å². The summed E-state index contributed by atoms with van der Waals surface area (Å²) in [6.07, 6.45) is 0. The molecule has 1 unspecified atom stereocenters. The molecule has 0 spiro atoms. The van der Waals surface area contributed by atoms with Crippen molar-refractivity contribution in [2.75, 3.05) is 0 Å². The van der Waals surface area contributed by atoms with Crippen LogP contribution in [0.1, 0.15) is 0 Å². The van der Waals surface area contributed by atoms with E-state index in [1.165, 1.54) is 0 Å². The van der Waals surface area contributed by atoms with Crippen molar-refractivity contribution in [3.63, 3.8) is 0 Å². The predicted molar refractivity (Wildman–Crippen MR) is 33.6 cm³/mol. The van der Waals surface area contributed by atoms with E-state index in [2.05, 4.69) is 0 Å². The Labute approximate surface area is 84.2 Å². The Morgan fingerprint density at radius 1 is 1.20 bits per heavy atom. The third kappa shape index (κ3) is 2.94. The van der Waals surface area contributed by atoms with Gasteiger partial charge in [-0.25, -0.2) is 0 Å². The number of hydrogen-bond acceptors (Lipinski definition) is 2. The smallest absolute Gasteiger partial charge is 0.768 e. The minimum absolute atomic E-state index is 0. The van der Waals surface area contributed by atoms with E-state index in [9.17, 15) is 8.76 Å². The molecule has 0 aromatic heterocycles. The van der Waals surface area contributed by atoms with Crippen LogP contribution in [-0.2, 0) is 11.1 Å². The Morgan fingerprint density at radius 3 is 2.00 bits per heavy atom. The first-order chi connectivity index (χ1) is 4.30. The van der Waals surface area contributed by atoms with Crippen LogP contribution in [-0.4, -0.2) is 8.76 Å². The van der Waals surface area contributed by atoms with Gasteiger partial charge in [-0.3, -0.25) is 4.21 Å². The fourth-order valence-electron chi connectivity index (χ4n) is 0.532. The Kier molecular flexibility index (Phi) is 5.21. The molecule has 0 aliphatic carbocycles. The summed E-state index contributed by atoms with van der Waals surface area (Å²) in [5, 5.41) is 0. The molecule has 1 rings (SSSR count).